The number of hydrogen-bond donors (Lipinski definition) is 0. The highest BCUT2D eigenvalue weighted by Gasteiger charge is 2.42. The summed E-state index contributed by atoms with van der Waals surface area (Å²) in [6, 6.07) is 0. The van der Waals surface area contributed by atoms with Crippen LogP contribution >= 0.6 is 0 Å². The van der Waals surface area contributed by atoms with Crippen molar-refractivity contribution in [3.05, 3.63) is 11.6 Å². The van der Waals surface area contributed by atoms with E-state index in [0.29, 0.717) is 17.1 Å². The maximum Gasteiger partial charge on any atom is 0.155 e. The Hall–Kier alpha value is -0.660. The highest BCUT2D eigenvalue weighted by atomic mass is 19.0. The van der Waals surface area contributed by atoms with Crippen LogP contribution in [0.15, 0.2) is 11.6 Å². The first-order valence-corrected chi connectivity index (χ1v) is 5.79. The fraction of sp³-hybridized carbons (Fsp3) is 0.769. The minimum Gasteiger partial charge on any atom is -0.295 e. The van der Waals surface area contributed by atoms with Crippen LogP contribution in [-0.2, 0) is 4.79 Å². The molecule has 3 atom stereocenters. The molecule has 0 saturated heterocycles. The first-order chi connectivity index (χ1) is 6.54. The molecule has 0 aromatic heterocycles. The lowest BCUT2D eigenvalue weighted by Crippen LogP contribution is -2.38. The molecule has 0 N–H and O–H groups in total. The lowest BCUT2D eigenvalue weighted by atomic mass is 9.58. The Balaban J connectivity index is 0.00000112. The van der Waals surface area contributed by atoms with Crippen LogP contribution in [0.3, 0.4) is 0 Å². The average Bonchev–Trinajstić information content (AvgIpc) is 2.16. The second-order valence-corrected chi connectivity index (χ2v) is 5.36. The number of halogens is 1. The normalized spacial score (nSPS) is 40.2. The summed E-state index contributed by atoms with van der Waals surface area (Å²) in [6.07, 6.45) is 6.36. The Kier molecular flexibility index (Phi) is 3.37. The Morgan fingerprint density at radius 3 is 2.67 bits per heavy atom. The van der Waals surface area contributed by atoms with Gasteiger partial charge >= 0.3 is 0 Å². The highest BCUT2D eigenvalue weighted by molar-refractivity contribution is 5.91. The molecule has 86 valence electrons. The van der Waals surface area contributed by atoms with Crippen molar-refractivity contribution >= 4 is 5.78 Å². The highest BCUT2D eigenvalue weighted by Crippen LogP contribution is 2.52. The van der Waals surface area contributed by atoms with Gasteiger partial charge < -0.3 is 0 Å². The van der Waals surface area contributed by atoms with Gasteiger partial charge in [-0.05, 0) is 42.6 Å². The maximum atomic E-state index is 11.4. The minimum atomic E-state index is 0. The molecule has 0 spiro atoms. The molecule has 0 aromatic rings. The molecule has 0 bridgehead atoms. The predicted octanol–water partition coefficient (Wildman–Crippen LogP) is 3.50. The van der Waals surface area contributed by atoms with Crippen LogP contribution in [0.2, 0.25) is 0 Å². The Morgan fingerprint density at radius 1 is 1.33 bits per heavy atom. The molecular weight excluding hydrogens is 191 g/mol. The van der Waals surface area contributed by atoms with Crippen molar-refractivity contribution in [3.63, 3.8) is 0 Å². The zero-order chi connectivity index (χ0) is 10.3. The summed E-state index contributed by atoms with van der Waals surface area (Å²) in [5.41, 5.74) is 1.76. The molecule has 1 fully saturated rings. The molecule has 0 aromatic carbocycles. The summed E-state index contributed by atoms with van der Waals surface area (Å²) in [6.45, 7) is 6.97. The zero-order valence-corrected chi connectivity index (χ0v) is 9.88. The van der Waals surface area contributed by atoms with Crippen molar-refractivity contribution in [2.45, 2.75) is 46.5 Å². The van der Waals surface area contributed by atoms with Gasteiger partial charge in [-0.3, -0.25) is 9.50 Å². The molecule has 1 saturated carbocycles. The second-order valence-electron chi connectivity index (χ2n) is 5.36. The summed E-state index contributed by atoms with van der Waals surface area (Å²) >= 11 is 0. The number of allylic oxidation sites excluding steroid dienone is 2. The van der Waals surface area contributed by atoms with Crippen LogP contribution in [-0.4, -0.2) is 5.78 Å². The van der Waals surface area contributed by atoms with Crippen LogP contribution in [0, 0.1) is 17.3 Å². The first kappa shape index (κ1) is 12.4. The third-order valence-corrected chi connectivity index (χ3v) is 4.52. The number of fused-ring (bicyclic) bond motifs is 1. The van der Waals surface area contributed by atoms with Crippen LogP contribution < -0.4 is 0 Å². The van der Waals surface area contributed by atoms with Gasteiger partial charge in [0.05, 0.1) is 0 Å². The fourth-order valence-electron chi connectivity index (χ4n) is 3.15. The summed E-state index contributed by atoms with van der Waals surface area (Å²) in [5.74, 6) is 1.72. The van der Waals surface area contributed by atoms with E-state index < -0.39 is 0 Å². The number of carbonyl (C=O) groups is 1. The third kappa shape index (κ3) is 1.86. The van der Waals surface area contributed by atoms with E-state index in [2.05, 4.69) is 20.8 Å². The summed E-state index contributed by atoms with van der Waals surface area (Å²) < 4.78 is 0. The first-order valence-electron chi connectivity index (χ1n) is 5.79. The van der Waals surface area contributed by atoms with Gasteiger partial charge in [-0.1, -0.05) is 26.3 Å². The summed E-state index contributed by atoms with van der Waals surface area (Å²) in [5, 5.41) is 0. The smallest absolute Gasteiger partial charge is 0.155 e. The van der Waals surface area contributed by atoms with Gasteiger partial charge in [0, 0.05) is 6.42 Å². The van der Waals surface area contributed by atoms with Gasteiger partial charge in [0.15, 0.2) is 5.78 Å². The van der Waals surface area contributed by atoms with Gasteiger partial charge in [-0.15, -0.1) is 0 Å². The minimum absolute atomic E-state index is 0. The van der Waals surface area contributed by atoms with Gasteiger partial charge in [-0.25, -0.2) is 0 Å². The average molecular weight is 212 g/mol. The molecule has 2 unspecified atom stereocenters. The number of ketones is 1. The van der Waals surface area contributed by atoms with Crippen LogP contribution in [0.5, 0.6) is 0 Å². The largest absolute Gasteiger partial charge is 0.295 e. The molecule has 15 heavy (non-hydrogen) atoms. The molecule has 0 aliphatic heterocycles. The SMILES string of the molecule is CC1CCC(C)[C@@]2(C)CCC(=O)C=C12.F. The summed E-state index contributed by atoms with van der Waals surface area (Å²) in [4.78, 5) is 11.4. The van der Waals surface area contributed by atoms with Crippen molar-refractivity contribution in [2.24, 2.45) is 17.3 Å². The van der Waals surface area contributed by atoms with Crippen LogP contribution in [0.4, 0.5) is 4.70 Å². The molecule has 2 heteroatoms. The Bertz CT molecular complexity index is 295. The van der Waals surface area contributed by atoms with E-state index in [1.54, 1.807) is 0 Å². The maximum absolute atomic E-state index is 11.4. The number of carbonyl (C=O) groups excluding carboxylic acids is 1. The molecule has 2 rings (SSSR count). The number of rotatable bonds is 0. The second kappa shape index (κ2) is 4.07. The Labute approximate surface area is 91.3 Å². The zero-order valence-electron chi connectivity index (χ0n) is 9.88. The monoisotopic (exact) mass is 212 g/mol. The lowest BCUT2D eigenvalue weighted by molar-refractivity contribution is -0.116. The van der Waals surface area contributed by atoms with Crippen molar-refractivity contribution in [1.29, 1.82) is 0 Å². The van der Waals surface area contributed by atoms with Gasteiger partial charge in [0.25, 0.3) is 0 Å². The molecule has 2 aliphatic rings. The molecule has 0 heterocycles. The van der Waals surface area contributed by atoms with Crippen molar-refractivity contribution in [2.75, 3.05) is 0 Å². The van der Waals surface area contributed by atoms with Gasteiger partial charge in [0.2, 0.25) is 0 Å². The van der Waals surface area contributed by atoms with Gasteiger partial charge in [-0.2, -0.15) is 0 Å². The molecule has 0 radical (unpaired) electrons. The van der Waals surface area contributed by atoms with Crippen LogP contribution in [0.25, 0.3) is 0 Å². The van der Waals surface area contributed by atoms with E-state index in [4.69, 9.17) is 0 Å². The van der Waals surface area contributed by atoms with E-state index in [0.717, 1.165) is 18.8 Å². The van der Waals surface area contributed by atoms with E-state index in [1.165, 1.54) is 18.4 Å². The molecular formula is C13H21FO. The molecule has 0 amide bonds. The van der Waals surface area contributed by atoms with Crippen molar-refractivity contribution in [3.8, 4) is 0 Å². The van der Waals surface area contributed by atoms with Crippen molar-refractivity contribution < 1.29 is 9.50 Å². The van der Waals surface area contributed by atoms with E-state index >= 15 is 0 Å². The molecule has 1 nitrogen and oxygen atoms in total. The predicted molar refractivity (Wildman–Crippen MR) is 60.5 cm³/mol. The number of hydrogen-bond acceptors (Lipinski definition) is 1. The third-order valence-electron chi connectivity index (χ3n) is 4.52. The van der Waals surface area contributed by atoms with Crippen LogP contribution in [0.1, 0.15) is 46.5 Å². The summed E-state index contributed by atoms with van der Waals surface area (Å²) in [7, 11) is 0. The van der Waals surface area contributed by atoms with E-state index in [9.17, 15) is 4.79 Å². The molecule has 2 aliphatic carbocycles. The standard InChI is InChI=1S/C13H20O.FH/c1-9-4-5-10(2)13(3)7-6-11(14)8-12(9)13;/h8-10H,4-7H2,1-3H3;1H/t9?,10?,13-;/m1./s1. The quantitative estimate of drug-likeness (QED) is 0.600. The van der Waals surface area contributed by atoms with E-state index in [1.807, 2.05) is 6.08 Å². The van der Waals surface area contributed by atoms with Gasteiger partial charge in [0.1, 0.15) is 0 Å². The van der Waals surface area contributed by atoms with E-state index in [-0.39, 0.29) is 4.70 Å². The fourth-order valence-corrected chi connectivity index (χ4v) is 3.15. The van der Waals surface area contributed by atoms with Crippen molar-refractivity contribution in [1.82, 2.24) is 0 Å². The Morgan fingerprint density at radius 2 is 2.00 bits per heavy atom. The topological polar surface area (TPSA) is 17.1 Å². The lowest BCUT2D eigenvalue weighted by Gasteiger charge is -2.47.